The predicted octanol–water partition coefficient (Wildman–Crippen LogP) is 2.44. The average Bonchev–Trinajstić information content (AvgIpc) is 3.02. The maximum absolute atomic E-state index is 12.1. The lowest BCUT2D eigenvalue weighted by Crippen LogP contribution is -2.44. The molecule has 0 radical (unpaired) electrons. The zero-order chi connectivity index (χ0) is 16.2. The first-order chi connectivity index (χ1) is 11.1. The van der Waals surface area contributed by atoms with Gasteiger partial charge in [-0.3, -0.25) is 9.69 Å². The van der Waals surface area contributed by atoms with Gasteiger partial charge in [0.1, 0.15) is 0 Å². The van der Waals surface area contributed by atoms with Crippen LogP contribution in [-0.2, 0) is 24.2 Å². The van der Waals surface area contributed by atoms with Crippen LogP contribution >= 0.6 is 11.3 Å². The van der Waals surface area contributed by atoms with Crippen LogP contribution in [0.1, 0.15) is 22.9 Å². The van der Waals surface area contributed by atoms with E-state index in [1.807, 2.05) is 35.6 Å². The molecule has 0 bridgehead atoms. The highest BCUT2D eigenvalue weighted by Gasteiger charge is 2.21. The van der Waals surface area contributed by atoms with Crippen molar-refractivity contribution in [3.63, 3.8) is 0 Å². The summed E-state index contributed by atoms with van der Waals surface area (Å²) in [6, 6.07) is 10.0. The lowest BCUT2D eigenvalue weighted by atomic mass is 10.1. The molecule has 4 nitrogen and oxygen atoms in total. The van der Waals surface area contributed by atoms with Gasteiger partial charge in [0.05, 0.1) is 6.42 Å². The second-order valence-corrected chi connectivity index (χ2v) is 7.16. The third-order valence-corrected chi connectivity index (χ3v) is 5.42. The molecule has 1 amide bonds. The van der Waals surface area contributed by atoms with Crippen LogP contribution in [-0.4, -0.2) is 29.9 Å². The largest absolute Gasteiger partial charge is 0.399 e. The summed E-state index contributed by atoms with van der Waals surface area (Å²) in [6.07, 6.45) is 1.53. The van der Waals surface area contributed by atoms with Gasteiger partial charge in [-0.1, -0.05) is 12.1 Å². The third kappa shape index (κ3) is 4.12. The molecule has 1 aromatic carbocycles. The van der Waals surface area contributed by atoms with E-state index in [1.165, 1.54) is 10.4 Å². The maximum atomic E-state index is 12.1. The Morgan fingerprint density at radius 3 is 2.91 bits per heavy atom. The number of carbonyl (C=O) groups is 1. The van der Waals surface area contributed by atoms with Gasteiger partial charge in [-0.25, -0.2) is 0 Å². The number of nitrogens with one attached hydrogen (secondary N) is 1. The Morgan fingerprint density at radius 2 is 2.13 bits per heavy atom. The van der Waals surface area contributed by atoms with Gasteiger partial charge in [-0.15, -0.1) is 11.3 Å². The summed E-state index contributed by atoms with van der Waals surface area (Å²) < 4.78 is 0. The topological polar surface area (TPSA) is 58.4 Å². The van der Waals surface area contributed by atoms with E-state index in [9.17, 15) is 4.79 Å². The summed E-state index contributed by atoms with van der Waals surface area (Å²) in [4.78, 5) is 16.0. The summed E-state index contributed by atoms with van der Waals surface area (Å²) in [5.74, 6) is 0.0647. The molecule has 1 aromatic heterocycles. The first-order valence-corrected chi connectivity index (χ1v) is 8.90. The van der Waals surface area contributed by atoms with Gasteiger partial charge in [-0.05, 0) is 48.1 Å². The zero-order valence-electron chi connectivity index (χ0n) is 13.4. The molecule has 3 rings (SSSR count). The summed E-state index contributed by atoms with van der Waals surface area (Å²) in [5.41, 5.74) is 8.82. The Hall–Kier alpha value is -1.85. The molecule has 2 aromatic rings. The lowest BCUT2D eigenvalue weighted by molar-refractivity contribution is -0.120. The number of thiophene rings is 1. The monoisotopic (exact) mass is 329 g/mol. The summed E-state index contributed by atoms with van der Waals surface area (Å²) in [5, 5.41) is 5.23. The van der Waals surface area contributed by atoms with Gasteiger partial charge >= 0.3 is 0 Å². The first-order valence-electron chi connectivity index (χ1n) is 8.02. The summed E-state index contributed by atoms with van der Waals surface area (Å²) >= 11 is 1.85. The molecule has 0 saturated carbocycles. The van der Waals surface area contributed by atoms with E-state index in [0.29, 0.717) is 19.0 Å². The van der Waals surface area contributed by atoms with Crippen LogP contribution in [0, 0.1) is 0 Å². The molecule has 5 heteroatoms. The highest BCUT2D eigenvalue weighted by atomic mass is 32.1. The first kappa shape index (κ1) is 16.0. The Balaban J connectivity index is 1.46. The number of rotatable bonds is 5. The van der Waals surface area contributed by atoms with E-state index in [4.69, 9.17) is 5.73 Å². The maximum Gasteiger partial charge on any atom is 0.224 e. The van der Waals surface area contributed by atoms with E-state index < -0.39 is 0 Å². The van der Waals surface area contributed by atoms with Gasteiger partial charge in [0.15, 0.2) is 0 Å². The van der Waals surface area contributed by atoms with Crippen molar-refractivity contribution in [3.8, 4) is 0 Å². The molecular weight excluding hydrogens is 306 g/mol. The summed E-state index contributed by atoms with van der Waals surface area (Å²) in [7, 11) is 0. The lowest BCUT2D eigenvalue weighted by Gasteiger charge is -2.32. The van der Waals surface area contributed by atoms with Gasteiger partial charge in [0.25, 0.3) is 0 Å². The fourth-order valence-electron chi connectivity index (χ4n) is 2.92. The average molecular weight is 329 g/mol. The van der Waals surface area contributed by atoms with Crippen LogP contribution < -0.4 is 11.1 Å². The van der Waals surface area contributed by atoms with Crippen molar-refractivity contribution in [3.05, 3.63) is 51.7 Å². The number of fused-ring (bicyclic) bond motifs is 1. The quantitative estimate of drug-likeness (QED) is 0.829. The van der Waals surface area contributed by atoms with Crippen LogP contribution in [0.3, 0.4) is 0 Å². The van der Waals surface area contributed by atoms with Crippen molar-refractivity contribution in [1.82, 2.24) is 10.2 Å². The van der Waals surface area contributed by atoms with E-state index in [2.05, 4.69) is 28.6 Å². The normalized spacial score (nSPS) is 15.9. The predicted molar refractivity (Wildman–Crippen MR) is 95.5 cm³/mol. The van der Waals surface area contributed by atoms with Crippen LogP contribution in [0.4, 0.5) is 5.69 Å². The Labute approximate surface area is 141 Å². The van der Waals surface area contributed by atoms with Crippen molar-refractivity contribution < 1.29 is 4.79 Å². The SMILES string of the molecule is CC(CNC(=O)Cc1ccc(N)cc1)N1CCc2sccc2C1. The van der Waals surface area contributed by atoms with E-state index in [-0.39, 0.29) is 5.91 Å². The third-order valence-electron chi connectivity index (χ3n) is 4.40. The Bertz CT molecular complexity index is 665. The molecule has 2 heterocycles. The fourth-order valence-corrected chi connectivity index (χ4v) is 3.81. The number of anilines is 1. The minimum Gasteiger partial charge on any atom is -0.399 e. The number of amides is 1. The Kier molecular flexibility index (Phi) is 4.98. The van der Waals surface area contributed by atoms with Crippen LogP contribution in [0.2, 0.25) is 0 Å². The molecule has 1 aliphatic heterocycles. The number of hydrogen-bond donors (Lipinski definition) is 2. The van der Waals surface area contributed by atoms with Gasteiger partial charge in [0, 0.05) is 36.2 Å². The minimum absolute atomic E-state index is 0.0647. The van der Waals surface area contributed by atoms with Crippen LogP contribution in [0.15, 0.2) is 35.7 Å². The van der Waals surface area contributed by atoms with Crippen molar-refractivity contribution in [2.24, 2.45) is 0 Å². The van der Waals surface area contributed by atoms with Gasteiger partial charge in [-0.2, -0.15) is 0 Å². The van der Waals surface area contributed by atoms with Crippen molar-refractivity contribution >= 4 is 22.9 Å². The molecule has 0 spiro atoms. The second kappa shape index (κ2) is 7.15. The molecule has 1 unspecified atom stereocenters. The zero-order valence-corrected chi connectivity index (χ0v) is 14.2. The number of benzene rings is 1. The molecular formula is C18H23N3OS. The molecule has 0 fully saturated rings. The minimum atomic E-state index is 0.0647. The Morgan fingerprint density at radius 1 is 1.35 bits per heavy atom. The molecule has 1 atom stereocenters. The molecule has 23 heavy (non-hydrogen) atoms. The molecule has 1 aliphatic rings. The second-order valence-electron chi connectivity index (χ2n) is 6.16. The smallest absolute Gasteiger partial charge is 0.224 e. The number of nitrogens with two attached hydrogens (primary N) is 1. The molecule has 0 saturated heterocycles. The number of nitrogens with zero attached hydrogens (tertiary/aromatic N) is 1. The molecule has 122 valence electrons. The van der Waals surface area contributed by atoms with E-state index >= 15 is 0 Å². The van der Waals surface area contributed by atoms with Crippen molar-refractivity contribution in [1.29, 1.82) is 0 Å². The molecule has 0 aliphatic carbocycles. The van der Waals surface area contributed by atoms with E-state index in [1.54, 1.807) is 0 Å². The van der Waals surface area contributed by atoms with Crippen LogP contribution in [0.25, 0.3) is 0 Å². The highest BCUT2D eigenvalue weighted by Crippen LogP contribution is 2.24. The van der Waals surface area contributed by atoms with Gasteiger partial charge in [0.2, 0.25) is 5.91 Å². The van der Waals surface area contributed by atoms with Crippen molar-refractivity contribution in [2.45, 2.75) is 32.4 Å². The fraction of sp³-hybridized carbons (Fsp3) is 0.389. The standard InChI is InChI=1S/C18H23N3OS/c1-13(21-8-6-17-15(12-21)7-9-23-17)11-20-18(22)10-14-2-4-16(19)5-3-14/h2-5,7,9,13H,6,8,10-12,19H2,1H3,(H,20,22). The number of nitrogen functional groups attached to an aromatic ring is 1. The van der Waals surface area contributed by atoms with E-state index in [0.717, 1.165) is 30.8 Å². The number of carbonyl (C=O) groups excluding carboxylic acids is 1. The van der Waals surface area contributed by atoms with Crippen molar-refractivity contribution in [2.75, 3.05) is 18.8 Å². The highest BCUT2D eigenvalue weighted by molar-refractivity contribution is 7.10. The van der Waals surface area contributed by atoms with Crippen LogP contribution in [0.5, 0.6) is 0 Å². The summed E-state index contributed by atoms with van der Waals surface area (Å²) in [6.45, 7) is 4.93. The number of hydrogen-bond acceptors (Lipinski definition) is 4. The molecule has 3 N–H and O–H groups in total. The van der Waals surface area contributed by atoms with Gasteiger partial charge < -0.3 is 11.1 Å².